The molecule has 0 rings (SSSR count). The largest absolute Gasteiger partial charge is 0.327 e. The Morgan fingerprint density at radius 3 is 1.87 bits per heavy atom. The van der Waals surface area contributed by atoms with Gasteiger partial charge in [-0.05, 0) is 25.7 Å². The predicted octanol–water partition coefficient (Wildman–Crippen LogP) is 3.79. The molecule has 92 valence electrons. The third-order valence-corrected chi connectivity index (χ3v) is 5.10. The van der Waals surface area contributed by atoms with Crippen LogP contribution in [0.3, 0.4) is 0 Å². The van der Waals surface area contributed by atoms with Gasteiger partial charge in [-0.2, -0.15) is 0 Å². The molecule has 0 unspecified atom stereocenters. The first-order chi connectivity index (χ1) is 6.83. The maximum absolute atomic E-state index is 5.53. The predicted molar refractivity (Wildman–Crippen MR) is 70.8 cm³/mol. The van der Waals surface area contributed by atoms with Gasteiger partial charge in [-0.15, -0.1) is 11.8 Å². The van der Waals surface area contributed by atoms with Crippen molar-refractivity contribution in [3.05, 3.63) is 0 Å². The van der Waals surface area contributed by atoms with Gasteiger partial charge in [0.1, 0.15) is 5.94 Å². The number of rotatable bonds is 7. The van der Waals surface area contributed by atoms with E-state index in [1.54, 1.807) is 11.8 Å². The Bertz CT molecular complexity index is 206. The topological polar surface area (TPSA) is 27.7 Å². The van der Waals surface area contributed by atoms with Gasteiger partial charge in [0.05, 0.1) is 13.2 Å². The van der Waals surface area contributed by atoms with Crippen molar-refractivity contribution in [2.45, 2.75) is 39.4 Å². The van der Waals surface area contributed by atoms with E-state index in [1.165, 1.54) is 0 Å². The SMILES string of the molecule is CCOP(=S)(OCC)OCSC(C)(C)C. The molecule has 0 amide bonds. The fourth-order valence-electron chi connectivity index (χ4n) is 0.696. The van der Waals surface area contributed by atoms with E-state index in [0.717, 1.165) is 0 Å². The van der Waals surface area contributed by atoms with Crippen molar-refractivity contribution in [3.63, 3.8) is 0 Å². The van der Waals surface area contributed by atoms with Crippen molar-refractivity contribution < 1.29 is 13.6 Å². The van der Waals surface area contributed by atoms with Crippen LogP contribution in [0.2, 0.25) is 0 Å². The number of thioether (sulfide) groups is 1. The van der Waals surface area contributed by atoms with Crippen molar-refractivity contribution >= 4 is 30.3 Å². The van der Waals surface area contributed by atoms with Gasteiger partial charge in [0.2, 0.25) is 0 Å². The van der Waals surface area contributed by atoms with Crippen molar-refractivity contribution in [2.75, 3.05) is 19.2 Å². The molecule has 6 heteroatoms. The molecule has 0 aromatic rings. The molecule has 0 aliphatic carbocycles. The molecule has 0 aromatic carbocycles. The highest BCUT2D eigenvalue weighted by atomic mass is 32.5. The molecule has 0 radical (unpaired) electrons. The van der Waals surface area contributed by atoms with Crippen LogP contribution in [0.1, 0.15) is 34.6 Å². The van der Waals surface area contributed by atoms with E-state index in [1.807, 2.05) is 13.8 Å². The minimum atomic E-state index is -2.49. The fourth-order valence-corrected chi connectivity index (χ4v) is 3.65. The van der Waals surface area contributed by atoms with Crippen LogP contribution in [0.25, 0.3) is 0 Å². The lowest BCUT2D eigenvalue weighted by Gasteiger charge is -2.23. The van der Waals surface area contributed by atoms with Crippen LogP contribution >= 0.6 is 18.5 Å². The van der Waals surface area contributed by atoms with Crippen molar-refractivity contribution in [3.8, 4) is 0 Å². The molecule has 0 aromatic heterocycles. The standard InChI is InChI=1S/C9H21O3PS2/c1-6-10-13(14,11-7-2)12-8-15-9(3,4)5/h6-8H2,1-5H3. The van der Waals surface area contributed by atoms with E-state index in [9.17, 15) is 0 Å². The van der Waals surface area contributed by atoms with Gasteiger partial charge in [-0.1, -0.05) is 20.8 Å². The second kappa shape index (κ2) is 7.25. The molecule has 0 heterocycles. The maximum atomic E-state index is 5.53. The third kappa shape index (κ3) is 8.66. The zero-order chi connectivity index (χ0) is 11.9. The van der Waals surface area contributed by atoms with Crippen molar-refractivity contribution in [1.82, 2.24) is 0 Å². The van der Waals surface area contributed by atoms with Crippen LogP contribution in [0.5, 0.6) is 0 Å². The summed E-state index contributed by atoms with van der Waals surface area (Å²) in [7, 11) is 0. The summed E-state index contributed by atoms with van der Waals surface area (Å²) in [6.07, 6.45) is 0. The monoisotopic (exact) mass is 272 g/mol. The molecular weight excluding hydrogens is 251 g/mol. The Kier molecular flexibility index (Phi) is 7.68. The zero-order valence-corrected chi connectivity index (χ0v) is 12.6. The Labute approximate surface area is 103 Å². The highest BCUT2D eigenvalue weighted by molar-refractivity contribution is 8.08. The summed E-state index contributed by atoms with van der Waals surface area (Å²) in [5.74, 6) is 0.515. The van der Waals surface area contributed by atoms with E-state index in [2.05, 4.69) is 20.8 Å². The minimum Gasteiger partial charge on any atom is -0.309 e. The summed E-state index contributed by atoms with van der Waals surface area (Å²) in [5, 5.41) is 0. The number of hydrogen-bond acceptors (Lipinski definition) is 5. The smallest absolute Gasteiger partial charge is 0.309 e. The molecule has 0 aliphatic rings. The van der Waals surface area contributed by atoms with Gasteiger partial charge in [0.15, 0.2) is 0 Å². The molecule has 0 saturated carbocycles. The van der Waals surface area contributed by atoms with Crippen LogP contribution in [0.4, 0.5) is 0 Å². The molecule has 15 heavy (non-hydrogen) atoms. The first-order valence-corrected chi connectivity index (χ1v) is 8.54. The van der Waals surface area contributed by atoms with Crippen molar-refractivity contribution in [2.24, 2.45) is 0 Å². The summed E-state index contributed by atoms with van der Waals surface area (Å²) >= 11 is 6.91. The molecule has 0 spiro atoms. The molecule has 0 aliphatic heterocycles. The summed E-state index contributed by atoms with van der Waals surface area (Å²) in [6.45, 7) is 8.73. The molecular formula is C9H21O3PS2. The van der Waals surface area contributed by atoms with Crippen molar-refractivity contribution in [1.29, 1.82) is 0 Å². The van der Waals surface area contributed by atoms with E-state index in [4.69, 9.17) is 25.4 Å². The second-order valence-corrected chi connectivity index (χ2v) is 8.55. The Morgan fingerprint density at radius 1 is 1.07 bits per heavy atom. The second-order valence-electron chi connectivity index (χ2n) is 3.79. The Balaban J connectivity index is 4.02. The van der Waals surface area contributed by atoms with Gasteiger partial charge in [0, 0.05) is 4.75 Å². The average molecular weight is 272 g/mol. The Morgan fingerprint density at radius 2 is 1.53 bits per heavy atom. The van der Waals surface area contributed by atoms with Crippen LogP contribution in [0.15, 0.2) is 0 Å². The minimum absolute atomic E-state index is 0.165. The normalized spacial score (nSPS) is 13.1. The van der Waals surface area contributed by atoms with Gasteiger partial charge < -0.3 is 9.05 Å². The van der Waals surface area contributed by atoms with E-state index < -0.39 is 6.72 Å². The van der Waals surface area contributed by atoms with Gasteiger partial charge in [-0.25, -0.2) is 0 Å². The summed E-state index contributed by atoms with van der Waals surface area (Å²) in [4.78, 5) is 0. The van der Waals surface area contributed by atoms with Crippen LogP contribution in [-0.2, 0) is 25.4 Å². The summed E-state index contributed by atoms with van der Waals surface area (Å²) in [6, 6.07) is 0. The fraction of sp³-hybridized carbons (Fsp3) is 1.00. The highest BCUT2D eigenvalue weighted by Crippen LogP contribution is 2.50. The lowest BCUT2D eigenvalue weighted by atomic mass is 10.3. The quantitative estimate of drug-likeness (QED) is 0.519. The Hall–Kier alpha value is 0.880. The molecule has 0 fully saturated rings. The lowest BCUT2D eigenvalue weighted by Crippen LogP contribution is -2.10. The van der Waals surface area contributed by atoms with Gasteiger partial charge in [-0.3, -0.25) is 4.52 Å². The summed E-state index contributed by atoms with van der Waals surface area (Å²) in [5.41, 5.74) is 0. The van der Waals surface area contributed by atoms with E-state index >= 15 is 0 Å². The molecule has 3 nitrogen and oxygen atoms in total. The average Bonchev–Trinajstić information content (AvgIpc) is 2.01. The number of hydrogen-bond donors (Lipinski definition) is 0. The molecule has 0 N–H and O–H groups in total. The van der Waals surface area contributed by atoms with Crippen LogP contribution < -0.4 is 0 Å². The molecule has 0 atom stereocenters. The van der Waals surface area contributed by atoms with E-state index in [0.29, 0.717) is 19.2 Å². The molecule has 0 bridgehead atoms. The van der Waals surface area contributed by atoms with E-state index in [-0.39, 0.29) is 4.75 Å². The van der Waals surface area contributed by atoms with Gasteiger partial charge in [0.25, 0.3) is 0 Å². The van der Waals surface area contributed by atoms with Gasteiger partial charge >= 0.3 is 6.72 Å². The van der Waals surface area contributed by atoms with Crippen LogP contribution in [0, 0.1) is 0 Å². The first-order valence-electron chi connectivity index (χ1n) is 5.00. The third-order valence-electron chi connectivity index (χ3n) is 1.28. The highest BCUT2D eigenvalue weighted by Gasteiger charge is 2.20. The maximum Gasteiger partial charge on any atom is 0.327 e. The summed E-state index contributed by atoms with van der Waals surface area (Å²) < 4.78 is 16.4. The first kappa shape index (κ1) is 15.9. The van der Waals surface area contributed by atoms with Crippen LogP contribution in [-0.4, -0.2) is 23.9 Å². The lowest BCUT2D eigenvalue weighted by molar-refractivity contribution is 0.185. The molecule has 0 saturated heterocycles. The zero-order valence-electron chi connectivity index (χ0n) is 10.1.